The van der Waals surface area contributed by atoms with E-state index < -0.39 is 0 Å². The van der Waals surface area contributed by atoms with Crippen molar-refractivity contribution in [3.05, 3.63) is 54.2 Å². The Morgan fingerprint density at radius 1 is 1.06 bits per heavy atom. The van der Waals surface area contributed by atoms with E-state index in [0.717, 1.165) is 21.3 Å². The first-order valence-corrected chi connectivity index (χ1v) is 6.46. The third-order valence-electron chi connectivity index (χ3n) is 2.68. The van der Waals surface area contributed by atoms with Gasteiger partial charge in [-0.25, -0.2) is 0 Å². The SMILES string of the molecule is NCc1ccccc1Sc1nnc2ccccn12. The minimum atomic E-state index is 0.528. The van der Waals surface area contributed by atoms with Crippen molar-refractivity contribution < 1.29 is 0 Å². The smallest absolute Gasteiger partial charge is 0.200 e. The fourth-order valence-corrected chi connectivity index (χ4v) is 2.72. The first kappa shape index (κ1) is 11.3. The highest BCUT2D eigenvalue weighted by molar-refractivity contribution is 7.99. The molecule has 0 radical (unpaired) electrons. The lowest BCUT2D eigenvalue weighted by Gasteiger charge is -2.05. The normalized spacial score (nSPS) is 10.9. The predicted molar refractivity (Wildman–Crippen MR) is 71.4 cm³/mol. The van der Waals surface area contributed by atoms with Crippen LogP contribution in [0.15, 0.2) is 58.7 Å². The van der Waals surface area contributed by atoms with Crippen LogP contribution in [0.25, 0.3) is 5.65 Å². The number of pyridine rings is 1. The van der Waals surface area contributed by atoms with Crippen LogP contribution < -0.4 is 5.73 Å². The van der Waals surface area contributed by atoms with Crippen molar-refractivity contribution in [3.8, 4) is 0 Å². The fourth-order valence-electron chi connectivity index (χ4n) is 1.76. The molecule has 2 aromatic heterocycles. The fraction of sp³-hybridized carbons (Fsp3) is 0.0769. The molecule has 0 aliphatic heterocycles. The van der Waals surface area contributed by atoms with E-state index in [1.807, 2.05) is 47.0 Å². The Labute approximate surface area is 109 Å². The lowest BCUT2D eigenvalue weighted by atomic mass is 10.2. The molecule has 0 saturated carbocycles. The van der Waals surface area contributed by atoms with Crippen molar-refractivity contribution in [1.29, 1.82) is 0 Å². The van der Waals surface area contributed by atoms with Gasteiger partial charge >= 0.3 is 0 Å². The molecular weight excluding hydrogens is 244 g/mol. The molecule has 0 fully saturated rings. The van der Waals surface area contributed by atoms with E-state index in [4.69, 9.17) is 5.73 Å². The first-order chi connectivity index (χ1) is 8.88. The third-order valence-corrected chi connectivity index (χ3v) is 3.76. The monoisotopic (exact) mass is 256 g/mol. The van der Waals surface area contributed by atoms with E-state index in [0.29, 0.717) is 6.54 Å². The summed E-state index contributed by atoms with van der Waals surface area (Å²) in [7, 11) is 0. The number of hydrogen-bond donors (Lipinski definition) is 1. The molecule has 0 saturated heterocycles. The van der Waals surface area contributed by atoms with Crippen molar-refractivity contribution in [2.45, 2.75) is 16.6 Å². The summed E-state index contributed by atoms with van der Waals surface area (Å²) in [5, 5.41) is 9.19. The average molecular weight is 256 g/mol. The summed E-state index contributed by atoms with van der Waals surface area (Å²) in [5.41, 5.74) is 7.71. The lowest BCUT2D eigenvalue weighted by molar-refractivity contribution is 0.918. The van der Waals surface area contributed by atoms with Crippen LogP contribution >= 0.6 is 11.8 Å². The Hall–Kier alpha value is -1.85. The molecule has 0 atom stereocenters. The summed E-state index contributed by atoms with van der Waals surface area (Å²) in [4.78, 5) is 1.12. The largest absolute Gasteiger partial charge is 0.326 e. The molecule has 3 aromatic rings. The Balaban J connectivity index is 2.01. The number of hydrogen-bond acceptors (Lipinski definition) is 4. The summed E-state index contributed by atoms with van der Waals surface area (Å²) < 4.78 is 1.97. The van der Waals surface area contributed by atoms with Crippen molar-refractivity contribution >= 4 is 17.4 Å². The number of benzene rings is 1. The van der Waals surface area contributed by atoms with E-state index in [1.54, 1.807) is 11.8 Å². The van der Waals surface area contributed by atoms with Crippen molar-refractivity contribution in [2.75, 3.05) is 0 Å². The predicted octanol–water partition coefficient (Wildman–Crippen LogP) is 2.34. The van der Waals surface area contributed by atoms with Crippen molar-refractivity contribution in [1.82, 2.24) is 14.6 Å². The van der Waals surface area contributed by atoms with E-state index in [-0.39, 0.29) is 0 Å². The molecule has 4 nitrogen and oxygen atoms in total. The molecule has 3 rings (SSSR count). The topological polar surface area (TPSA) is 56.2 Å². The second-order valence-corrected chi connectivity index (χ2v) is 4.83. The molecule has 2 heterocycles. The summed E-state index contributed by atoms with van der Waals surface area (Å²) in [6.45, 7) is 0.528. The van der Waals surface area contributed by atoms with Crippen molar-refractivity contribution in [3.63, 3.8) is 0 Å². The van der Waals surface area contributed by atoms with Gasteiger partial charge in [-0.1, -0.05) is 24.3 Å². The van der Waals surface area contributed by atoms with Crippen LogP contribution in [-0.2, 0) is 6.54 Å². The number of nitrogens with zero attached hydrogens (tertiary/aromatic N) is 3. The van der Waals surface area contributed by atoms with Gasteiger partial charge in [-0.05, 0) is 35.5 Å². The highest BCUT2D eigenvalue weighted by atomic mass is 32.2. The number of rotatable bonds is 3. The lowest BCUT2D eigenvalue weighted by Crippen LogP contribution is -1.98. The summed E-state index contributed by atoms with van der Waals surface area (Å²) in [6, 6.07) is 13.9. The number of nitrogens with two attached hydrogens (primary N) is 1. The van der Waals surface area contributed by atoms with Crippen LogP contribution in [-0.4, -0.2) is 14.6 Å². The first-order valence-electron chi connectivity index (χ1n) is 5.64. The molecule has 18 heavy (non-hydrogen) atoms. The molecular formula is C13H12N4S. The van der Waals surface area contributed by atoms with Gasteiger partial charge in [-0.3, -0.25) is 4.40 Å². The highest BCUT2D eigenvalue weighted by Gasteiger charge is 2.08. The quantitative estimate of drug-likeness (QED) is 0.781. The van der Waals surface area contributed by atoms with Crippen LogP contribution in [0.5, 0.6) is 0 Å². The van der Waals surface area contributed by atoms with Gasteiger partial charge in [0.15, 0.2) is 10.8 Å². The van der Waals surface area contributed by atoms with Gasteiger partial charge in [-0.15, -0.1) is 10.2 Å². The Morgan fingerprint density at radius 2 is 1.89 bits per heavy atom. The van der Waals surface area contributed by atoms with E-state index >= 15 is 0 Å². The molecule has 2 N–H and O–H groups in total. The van der Waals surface area contributed by atoms with Gasteiger partial charge in [0.05, 0.1) is 0 Å². The second kappa shape index (κ2) is 4.80. The highest BCUT2D eigenvalue weighted by Crippen LogP contribution is 2.29. The second-order valence-electron chi connectivity index (χ2n) is 3.83. The minimum Gasteiger partial charge on any atom is -0.326 e. The molecule has 0 spiro atoms. The standard InChI is InChI=1S/C13H12N4S/c14-9-10-5-1-2-6-11(10)18-13-16-15-12-7-3-4-8-17(12)13/h1-8H,9,14H2. The molecule has 0 amide bonds. The van der Waals surface area contributed by atoms with Crippen LogP contribution in [0.4, 0.5) is 0 Å². The van der Waals surface area contributed by atoms with Gasteiger partial charge in [0.1, 0.15) is 0 Å². The Bertz CT molecular complexity index is 677. The van der Waals surface area contributed by atoms with E-state index in [9.17, 15) is 0 Å². The van der Waals surface area contributed by atoms with Gasteiger partial charge in [0.25, 0.3) is 0 Å². The van der Waals surface area contributed by atoms with Crippen LogP contribution in [0.2, 0.25) is 0 Å². The minimum absolute atomic E-state index is 0.528. The summed E-state index contributed by atoms with van der Waals surface area (Å²) in [5.74, 6) is 0. The zero-order valence-corrected chi connectivity index (χ0v) is 10.5. The molecule has 0 aliphatic rings. The Kier molecular flexibility index (Phi) is 3.00. The third kappa shape index (κ3) is 1.98. The van der Waals surface area contributed by atoms with Gasteiger partial charge in [0, 0.05) is 17.6 Å². The van der Waals surface area contributed by atoms with Crippen LogP contribution in [0.1, 0.15) is 5.56 Å². The van der Waals surface area contributed by atoms with E-state index in [2.05, 4.69) is 16.3 Å². The number of aromatic nitrogens is 3. The molecule has 0 aliphatic carbocycles. The molecule has 0 bridgehead atoms. The molecule has 0 unspecified atom stereocenters. The van der Waals surface area contributed by atoms with Crippen molar-refractivity contribution in [2.24, 2.45) is 5.73 Å². The maximum absolute atomic E-state index is 5.74. The number of fused-ring (bicyclic) bond motifs is 1. The molecule has 5 heteroatoms. The van der Waals surface area contributed by atoms with E-state index in [1.165, 1.54) is 0 Å². The maximum atomic E-state index is 5.74. The van der Waals surface area contributed by atoms with Crippen LogP contribution in [0, 0.1) is 0 Å². The van der Waals surface area contributed by atoms with Crippen LogP contribution in [0.3, 0.4) is 0 Å². The molecule has 90 valence electrons. The maximum Gasteiger partial charge on any atom is 0.200 e. The zero-order chi connectivity index (χ0) is 12.4. The summed E-state index contributed by atoms with van der Waals surface area (Å²) >= 11 is 1.58. The Morgan fingerprint density at radius 3 is 2.78 bits per heavy atom. The zero-order valence-electron chi connectivity index (χ0n) is 9.65. The summed E-state index contributed by atoms with van der Waals surface area (Å²) in [6.07, 6.45) is 1.96. The van der Waals surface area contributed by atoms with Gasteiger partial charge < -0.3 is 5.73 Å². The van der Waals surface area contributed by atoms with Gasteiger partial charge in [0.2, 0.25) is 0 Å². The molecule has 1 aromatic carbocycles. The average Bonchev–Trinajstić information content (AvgIpc) is 2.83. The van der Waals surface area contributed by atoms with Gasteiger partial charge in [-0.2, -0.15) is 0 Å².